The summed E-state index contributed by atoms with van der Waals surface area (Å²) in [4.78, 5) is 20.0. The Labute approximate surface area is 146 Å². The predicted octanol–water partition coefficient (Wildman–Crippen LogP) is 2.32. The van der Waals surface area contributed by atoms with Crippen molar-refractivity contribution in [3.05, 3.63) is 42.1 Å². The van der Waals surface area contributed by atoms with Crippen LogP contribution in [0.3, 0.4) is 0 Å². The number of ether oxygens (including phenoxy) is 2. The first-order valence-electron chi connectivity index (χ1n) is 8.30. The highest BCUT2D eigenvalue weighted by Crippen LogP contribution is 2.21. The Morgan fingerprint density at radius 3 is 2.72 bits per heavy atom. The second-order valence-electron chi connectivity index (χ2n) is 5.99. The lowest BCUT2D eigenvalue weighted by Gasteiger charge is -2.15. The van der Waals surface area contributed by atoms with Crippen LogP contribution in [-0.2, 0) is 4.79 Å². The molecule has 2 N–H and O–H groups in total. The van der Waals surface area contributed by atoms with Crippen molar-refractivity contribution in [2.24, 2.45) is 0 Å². The SMILES string of the molecule is COc1ccnc(NC(C)c2ccc(OCC(=O)NC3CC3)cc2)n1. The number of rotatable bonds is 8. The standard InChI is InChI=1S/C18H22N4O3/c1-12(20-18-19-10-9-17(22-18)24-2)13-3-7-15(8-4-13)25-11-16(23)21-14-5-6-14/h3-4,7-10,12,14H,5-6,11H2,1-2H3,(H,21,23)(H,19,20,22). The van der Waals surface area contributed by atoms with E-state index >= 15 is 0 Å². The van der Waals surface area contributed by atoms with Crippen LogP contribution in [0.1, 0.15) is 31.4 Å². The smallest absolute Gasteiger partial charge is 0.258 e. The highest BCUT2D eigenvalue weighted by atomic mass is 16.5. The number of anilines is 1. The predicted molar refractivity (Wildman–Crippen MR) is 93.7 cm³/mol. The topological polar surface area (TPSA) is 85.4 Å². The van der Waals surface area contributed by atoms with E-state index in [9.17, 15) is 4.79 Å². The van der Waals surface area contributed by atoms with Gasteiger partial charge in [-0.1, -0.05) is 12.1 Å². The number of nitrogens with one attached hydrogen (secondary N) is 2. The number of benzene rings is 1. The molecule has 7 heteroatoms. The van der Waals surface area contributed by atoms with Crippen molar-refractivity contribution >= 4 is 11.9 Å². The minimum Gasteiger partial charge on any atom is -0.484 e. The third-order valence-electron chi connectivity index (χ3n) is 3.88. The fourth-order valence-corrected chi connectivity index (χ4v) is 2.30. The molecule has 2 aromatic rings. The minimum absolute atomic E-state index is 0.0133. The summed E-state index contributed by atoms with van der Waals surface area (Å²) in [5.41, 5.74) is 1.06. The van der Waals surface area contributed by atoms with E-state index in [1.165, 1.54) is 0 Å². The van der Waals surface area contributed by atoms with Gasteiger partial charge in [-0.15, -0.1) is 0 Å². The summed E-state index contributed by atoms with van der Waals surface area (Å²) in [6.45, 7) is 2.06. The normalized spacial score (nSPS) is 14.5. The maximum absolute atomic E-state index is 11.6. The molecule has 1 heterocycles. The molecule has 1 aromatic carbocycles. The summed E-state index contributed by atoms with van der Waals surface area (Å²) in [7, 11) is 1.57. The van der Waals surface area contributed by atoms with Gasteiger partial charge in [-0.05, 0) is 37.5 Å². The molecule has 1 saturated carbocycles. The first-order valence-corrected chi connectivity index (χ1v) is 8.30. The quantitative estimate of drug-likeness (QED) is 0.766. The van der Waals surface area contributed by atoms with Crippen LogP contribution in [0.25, 0.3) is 0 Å². The zero-order chi connectivity index (χ0) is 17.6. The van der Waals surface area contributed by atoms with E-state index in [1.54, 1.807) is 19.4 Å². The Morgan fingerprint density at radius 1 is 1.28 bits per heavy atom. The highest BCUT2D eigenvalue weighted by molar-refractivity contribution is 5.78. The maximum Gasteiger partial charge on any atom is 0.258 e. The molecule has 3 rings (SSSR count). The van der Waals surface area contributed by atoms with Crippen LogP contribution in [0.4, 0.5) is 5.95 Å². The minimum atomic E-state index is -0.0724. The van der Waals surface area contributed by atoms with Crippen LogP contribution in [0.15, 0.2) is 36.5 Å². The van der Waals surface area contributed by atoms with Gasteiger partial charge >= 0.3 is 0 Å². The van der Waals surface area contributed by atoms with E-state index in [-0.39, 0.29) is 18.6 Å². The Bertz CT molecular complexity index is 717. The van der Waals surface area contributed by atoms with Gasteiger partial charge in [0.2, 0.25) is 11.8 Å². The number of hydrogen-bond acceptors (Lipinski definition) is 6. The molecule has 0 bridgehead atoms. The van der Waals surface area contributed by atoms with E-state index in [0.717, 1.165) is 18.4 Å². The van der Waals surface area contributed by atoms with Gasteiger partial charge in [0, 0.05) is 18.3 Å². The van der Waals surface area contributed by atoms with Crippen molar-refractivity contribution < 1.29 is 14.3 Å². The molecule has 1 unspecified atom stereocenters. The Morgan fingerprint density at radius 2 is 2.04 bits per heavy atom. The van der Waals surface area contributed by atoms with Crippen LogP contribution in [-0.4, -0.2) is 35.6 Å². The number of aromatic nitrogens is 2. The fraction of sp³-hybridized carbons (Fsp3) is 0.389. The van der Waals surface area contributed by atoms with E-state index in [1.807, 2.05) is 31.2 Å². The number of nitrogens with zero attached hydrogens (tertiary/aromatic N) is 2. The monoisotopic (exact) mass is 342 g/mol. The first kappa shape index (κ1) is 17.0. The second kappa shape index (κ2) is 7.83. The van der Waals surface area contributed by atoms with E-state index in [0.29, 0.717) is 23.6 Å². The van der Waals surface area contributed by atoms with Gasteiger partial charge in [-0.2, -0.15) is 4.98 Å². The highest BCUT2D eigenvalue weighted by Gasteiger charge is 2.23. The first-order chi connectivity index (χ1) is 12.1. The molecular formula is C18H22N4O3. The van der Waals surface area contributed by atoms with Crippen molar-refractivity contribution in [1.82, 2.24) is 15.3 Å². The summed E-state index contributed by atoms with van der Waals surface area (Å²) >= 11 is 0. The van der Waals surface area contributed by atoms with Crippen molar-refractivity contribution in [2.45, 2.75) is 31.8 Å². The third kappa shape index (κ3) is 5.07. The molecule has 132 valence electrons. The van der Waals surface area contributed by atoms with Gasteiger partial charge in [0.1, 0.15) is 5.75 Å². The number of methoxy groups -OCH3 is 1. The number of amides is 1. The van der Waals surface area contributed by atoms with Crippen molar-refractivity contribution in [3.8, 4) is 11.6 Å². The molecule has 1 fully saturated rings. The lowest BCUT2D eigenvalue weighted by atomic mass is 10.1. The fourth-order valence-electron chi connectivity index (χ4n) is 2.30. The molecule has 1 aliphatic rings. The number of carbonyl (C=O) groups excluding carboxylic acids is 1. The molecule has 0 aliphatic heterocycles. The molecular weight excluding hydrogens is 320 g/mol. The molecule has 0 radical (unpaired) electrons. The molecule has 1 aromatic heterocycles. The molecule has 1 amide bonds. The van der Waals surface area contributed by atoms with Crippen LogP contribution in [0, 0.1) is 0 Å². The summed E-state index contributed by atoms with van der Waals surface area (Å²) in [6.07, 6.45) is 3.79. The summed E-state index contributed by atoms with van der Waals surface area (Å²) < 4.78 is 10.6. The molecule has 0 spiro atoms. The van der Waals surface area contributed by atoms with Gasteiger partial charge < -0.3 is 20.1 Å². The average molecular weight is 342 g/mol. The van der Waals surface area contributed by atoms with Crippen molar-refractivity contribution in [2.75, 3.05) is 19.0 Å². The van der Waals surface area contributed by atoms with Gasteiger partial charge in [-0.3, -0.25) is 4.79 Å². The lowest BCUT2D eigenvalue weighted by molar-refractivity contribution is -0.123. The third-order valence-corrected chi connectivity index (χ3v) is 3.88. The van der Waals surface area contributed by atoms with Gasteiger partial charge in [0.25, 0.3) is 5.91 Å². The van der Waals surface area contributed by atoms with Crippen molar-refractivity contribution in [3.63, 3.8) is 0 Å². The molecule has 1 atom stereocenters. The van der Waals surface area contributed by atoms with E-state index in [2.05, 4.69) is 20.6 Å². The zero-order valence-electron chi connectivity index (χ0n) is 14.4. The number of carbonyl (C=O) groups is 1. The van der Waals surface area contributed by atoms with Gasteiger partial charge in [-0.25, -0.2) is 4.98 Å². The molecule has 25 heavy (non-hydrogen) atoms. The number of hydrogen-bond donors (Lipinski definition) is 2. The average Bonchev–Trinajstić information content (AvgIpc) is 3.44. The zero-order valence-corrected chi connectivity index (χ0v) is 14.4. The largest absolute Gasteiger partial charge is 0.484 e. The van der Waals surface area contributed by atoms with Crippen molar-refractivity contribution in [1.29, 1.82) is 0 Å². The van der Waals surface area contributed by atoms with Crippen LogP contribution >= 0.6 is 0 Å². The summed E-state index contributed by atoms with van der Waals surface area (Å²) in [5.74, 6) is 1.61. The second-order valence-corrected chi connectivity index (χ2v) is 5.99. The van der Waals surface area contributed by atoms with Gasteiger partial charge in [0.15, 0.2) is 6.61 Å². The lowest BCUT2D eigenvalue weighted by Crippen LogP contribution is -2.30. The maximum atomic E-state index is 11.6. The molecule has 1 aliphatic carbocycles. The van der Waals surface area contributed by atoms with Gasteiger partial charge in [0.05, 0.1) is 13.2 Å². The Hall–Kier alpha value is -2.83. The van der Waals surface area contributed by atoms with E-state index in [4.69, 9.17) is 9.47 Å². The molecule has 0 saturated heterocycles. The van der Waals surface area contributed by atoms with Crippen LogP contribution in [0.5, 0.6) is 11.6 Å². The Kier molecular flexibility index (Phi) is 5.33. The van der Waals surface area contributed by atoms with Crippen LogP contribution in [0.2, 0.25) is 0 Å². The Balaban J connectivity index is 1.52. The summed E-state index contributed by atoms with van der Waals surface area (Å²) in [5, 5.41) is 6.12. The molecule has 7 nitrogen and oxygen atoms in total. The summed E-state index contributed by atoms with van der Waals surface area (Å²) in [6, 6.07) is 9.66. The van der Waals surface area contributed by atoms with Crippen LogP contribution < -0.4 is 20.1 Å². The van der Waals surface area contributed by atoms with E-state index < -0.39 is 0 Å².